The molecule has 0 aliphatic rings. The molecule has 0 unspecified atom stereocenters. The molecule has 2 heterocycles. The maximum Gasteiger partial charge on any atom is 0.336 e. The first-order valence-electron chi connectivity index (χ1n) is 5.27. The Labute approximate surface area is 101 Å². The van der Waals surface area contributed by atoms with Crippen LogP contribution in [0.1, 0.15) is 6.92 Å². The van der Waals surface area contributed by atoms with Crippen LogP contribution in [0, 0.1) is 0 Å². The van der Waals surface area contributed by atoms with Crippen LogP contribution in [-0.4, -0.2) is 5.97 Å². The minimum atomic E-state index is -0.470. The predicted octanol–water partition coefficient (Wildman–Crippen LogP) is 2.46. The molecule has 0 atom stereocenters. The zero-order chi connectivity index (χ0) is 12.7. The fourth-order valence-electron chi connectivity index (χ4n) is 1.86. The Morgan fingerprint density at radius 1 is 1.17 bits per heavy atom. The van der Waals surface area contributed by atoms with Crippen LogP contribution in [0.5, 0.6) is 5.75 Å². The molecule has 0 bridgehead atoms. The molecule has 2 aromatic heterocycles. The van der Waals surface area contributed by atoms with Gasteiger partial charge in [-0.05, 0) is 12.1 Å². The molecule has 0 saturated carbocycles. The molecular formula is C13H8O5. The smallest absolute Gasteiger partial charge is 0.336 e. The molecule has 3 aromatic rings. The number of carbonyl (C=O) groups is 1. The van der Waals surface area contributed by atoms with E-state index in [9.17, 15) is 9.59 Å². The first-order chi connectivity index (χ1) is 8.65. The van der Waals surface area contributed by atoms with Crippen molar-refractivity contribution >= 4 is 27.9 Å². The summed E-state index contributed by atoms with van der Waals surface area (Å²) >= 11 is 0. The van der Waals surface area contributed by atoms with Crippen molar-refractivity contribution in [1.29, 1.82) is 0 Å². The molecule has 0 radical (unpaired) electrons. The first kappa shape index (κ1) is 10.6. The fraction of sp³-hybridized carbons (Fsp3) is 0.0769. The third-order valence-electron chi connectivity index (χ3n) is 2.55. The summed E-state index contributed by atoms with van der Waals surface area (Å²) in [5, 5.41) is 1.21. The van der Waals surface area contributed by atoms with Gasteiger partial charge in [0.05, 0.1) is 17.0 Å². The minimum Gasteiger partial charge on any atom is -0.464 e. The van der Waals surface area contributed by atoms with Gasteiger partial charge >= 0.3 is 11.6 Å². The molecule has 0 amide bonds. The molecule has 18 heavy (non-hydrogen) atoms. The second-order valence-corrected chi connectivity index (χ2v) is 3.80. The van der Waals surface area contributed by atoms with Gasteiger partial charge in [-0.2, -0.15) is 0 Å². The number of hydrogen-bond donors (Lipinski definition) is 0. The summed E-state index contributed by atoms with van der Waals surface area (Å²) in [4.78, 5) is 22.3. The summed E-state index contributed by atoms with van der Waals surface area (Å²) in [5.74, 6) is -0.108. The van der Waals surface area contributed by atoms with Gasteiger partial charge in [0, 0.05) is 19.1 Å². The second kappa shape index (κ2) is 3.73. The molecule has 90 valence electrons. The van der Waals surface area contributed by atoms with Crippen LogP contribution >= 0.6 is 0 Å². The van der Waals surface area contributed by atoms with Crippen LogP contribution in [0.15, 0.2) is 44.2 Å². The van der Waals surface area contributed by atoms with Crippen LogP contribution in [0.25, 0.3) is 21.9 Å². The third-order valence-corrected chi connectivity index (χ3v) is 2.55. The molecule has 5 heteroatoms. The highest BCUT2D eigenvalue weighted by atomic mass is 16.5. The lowest BCUT2D eigenvalue weighted by molar-refractivity contribution is -0.131. The van der Waals surface area contributed by atoms with Gasteiger partial charge < -0.3 is 13.6 Å². The number of furan rings is 1. The molecule has 1 aromatic carbocycles. The number of carbonyl (C=O) groups excluding carboxylic acids is 1. The zero-order valence-electron chi connectivity index (χ0n) is 9.43. The van der Waals surface area contributed by atoms with Crippen molar-refractivity contribution in [3.05, 3.63) is 40.9 Å². The highest BCUT2D eigenvalue weighted by Gasteiger charge is 2.14. The van der Waals surface area contributed by atoms with Crippen LogP contribution < -0.4 is 10.4 Å². The van der Waals surface area contributed by atoms with E-state index in [1.165, 1.54) is 19.3 Å². The van der Waals surface area contributed by atoms with Gasteiger partial charge in [0.15, 0.2) is 5.75 Å². The average Bonchev–Trinajstić information content (AvgIpc) is 2.75. The average molecular weight is 244 g/mol. The molecule has 5 nitrogen and oxygen atoms in total. The van der Waals surface area contributed by atoms with E-state index in [4.69, 9.17) is 13.6 Å². The Kier molecular flexibility index (Phi) is 2.19. The van der Waals surface area contributed by atoms with E-state index in [2.05, 4.69) is 0 Å². The molecule has 0 aliphatic carbocycles. The molecular weight excluding hydrogens is 236 g/mol. The fourth-order valence-corrected chi connectivity index (χ4v) is 1.86. The highest BCUT2D eigenvalue weighted by molar-refractivity contribution is 6.02. The minimum absolute atomic E-state index is 0.321. The van der Waals surface area contributed by atoms with Gasteiger partial charge in [-0.25, -0.2) is 4.79 Å². The topological polar surface area (TPSA) is 69.7 Å². The molecule has 0 spiro atoms. The quantitative estimate of drug-likeness (QED) is 0.373. The number of ether oxygens (including phenoxy) is 1. The van der Waals surface area contributed by atoms with Gasteiger partial charge in [0.1, 0.15) is 11.2 Å². The van der Waals surface area contributed by atoms with Crippen LogP contribution in [0.4, 0.5) is 0 Å². The van der Waals surface area contributed by atoms with E-state index < -0.39 is 11.6 Å². The predicted molar refractivity (Wildman–Crippen MR) is 63.6 cm³/mol. The maximum absolute atomic E-state index is 11.2. The monoisotopic (exact) mass is 244 g/mol. The highest BCUT2D eigenvalue weighted by Crippen LogP contribution is 2.34. The van der Waals surface area contributed by atoms with E-state index in [0.29, 0.717) is 27.7 Å². The Balaban J connectivity index is 2.46. The Hall–Kier alpha value is -2.56. The zero-order valence-corrected chi connectivity index (χ0v) is 9.43. The van der Waals surface area contributed by atoms with E-state index in [1.54, 1.807) is 18.2 Å². The summed E-state index contributed by atoms with van der Waals surface area (Å²) in [6.45, 7) is 1.31. The number of rotatable bonds is 1. The first-order valence-corrected chi connectivity index (χ1v) is 5.27. The molecule has 0 aliphatic heterocycles. The SMILES string of the molecule is CC(=O)Oc1c2ccoc2cc2oc(=O)ccc12. The summed E-state index contributed by atoms with van der Waals surface area (Å²) in [6.07, 6.45) is 1.48. The summed E-state index contributed by atoms with van der Waals surface area (Å²) in [6, 6.07) is 6.13. The van der Waals surface area contributed by atoms with E-state index in [1.807, 2.05) is 0 Å². The van der Waals surface area contributed by atoms with Crippen molar-refractivity contribution in [3.8, 4) is 5.75 Å². The summed E-state index contributed by atoms with van der Waals surface area (Å²) in [7, 11) is 0. The van der Waals surface area contributed by atoms with Gasteiger partial charge in [0.2, 0.25) is 0 Å². The normalized spacial score (nSPS) is 10.9. The van der Waals surface area contributed by atoms with Crippen LogP contribution in [0.2, 0.25) is 0 Å². The number of fused-ring (bicyclic) bond motifs is 2. The molecule has 0 N–H and O–H groups in total. The lowest BCUT2D eigenvalue weighted by atomic mass is 10.1. The Morgan fingerprint density at radius 3 is 2.72 bits per heavy atom. The number of benzene rings is 1. The Morgan fingerprint density at radius 2 is 1.94 bits per heavy atom. The summed E-state index contributed by atoms with van der Waals surface area (Å²) in [5.41, 5.74) is 0.344. The van der Waals surface area contributed by atoms with E-state index in [0.717, 1.165) is 0 Å². The van der Waals surface area contributed by atoms with Crippen LogP contribution in [-0.2, 0) is 4.79 Å². The van der Waals surface area contributed by atoms with Crippen molar-refractivity contribution < 1.29 is 18.4 Å². The standard InChI is InChI=1S/C13H8O5/c1-7(14)17-13-8-2-3-12(15)18-11(8)6-10-9(13)4-5-16-10/h2-6H,1H3. The molecule has 0 fully saturated rings. The van der Waals surface area contributed by atoms with Crippen molar-refractivity contribution in [2.24, 2.45) is 0 Å². The van der Waals surface area contributed by atoms with Crippen molar-refractivity contribution in [2.75, 3.05) is 0 Å². The largest absolute Gasteiger partial charge is 0.464 e. The van der Waals surface area contributed by atoms with Crippen LogP contribution in [0.3, 0.4) is 0 Å². The van der Waals surface area contributed by atoms with Crippen molar-refractivity contribution in [3.63, 3.8) is 0 Å². The van der Waals surface area contributed by atoms with E-state index in [-0.39, 0.29) is 0 Å². The van der Waals surface area contributed by atoms with Crippen molar-refractivity contribution in [2.45, 2.75) is 6.92 Å². The number of esters is 1. The maximum atomic E-state index is 11.2. The lowest BCUT2D eigenvalue weighted by Crippen LogP contribution is -2.03. The summed E-state index contributed by atoms with van der Waals surface area (Å²) < 4.78 is 15.5. The third kappa shape index (κ3) is 1.57. The van der Waals surface area contributed by atoms with Gasteiger partial charge in [0.25, 0.3) is 0 Å². The second-order valence-electron chi connectivity index (χ2n) is 3.80. The Bertz CT molecular complexity index is 809. The lowest BCUT2D eigenvalue weighted by Gasteiger charge is -2.06. The van der Waals surface area contributed by atoms with Crippen molar-refractivity contribution in [1.82, 2.24) is 0 Å². The van der Waals surface area contributed by atoms with Gasteiger partial charge in [-0.1, -0.05) is 0 Å². The van der Waals surface area contributed by atoms with Gasteiger partial charge in [-0.15, -0.1) is 0 Å². The molecule has 0 saturated heterocycles. The van der Waals surface area contributed by atoms with Gasteiger partial charge in [-0.3, -0.25) is 4.79 Å². The van der Waals surface area contributed by atoms with E-state index >= 15 is 0 Å². The molecule has 3 rings (SSSR count). The number of hydrogen-bond acceptors (Lipinski definition) is 5.